The van der Waals surface area contributed by atoms with Crippen LogP contribution >= 0.6 is 0 Å². The van der Waals surface area contributed by atoms with Crippen LogP contribution in [0.4, 0.5) is 4.79 Å². The molecule has 0 spiro atoms. The van der Waals surface area contributed by atoms with Gasteiger partial charge in [0.15, 0.2) is 0 Å². The van der Waals surface area contributed by atoms with Gasteiger partial charge in [0.2, 0.25) is 0 Å². The van der Waals surface area contributed by atoms with Gasteiger partial charge in [-0.2, -0.15) is 0 Å². The van der Waals surface area contributed by atoms with Crippen LogP contribution < -0.4 is 10.5 Å². The minimum atomic E-state index is -1.30. The van der Waals surface area contributed by atoms with Crippen LogP contribution in [0.5, 0.6) is 5.75 Å². The lowest BCUT2D eigenvalue weighted by molar-refractivity contribution is 0.144. The SMILES string of the molecule is NCCc1ccc(OC(=O)O)cc1. The van der Waals surface area contributed by atoms with Crippen molar-refractivity contribution in [2.45, 2.75) is 6.42 Å². The summed E-state index contributed by atoms with van der Waals surface area (Å²) in [6.07, 6.45) is -0.514. The molecular formula is C9H11NO3. The summed E-state index contributed by atoms with van der Waals surface area (Å²) in [5.41, 5.74) is 6.42. The van der Waals surface area contributed by atoms with Crippen molar-refractivity contribution in [3.8, 4) is 5.75 Å². The monoisotopic (exact) mass is 181 g/mol. The number of hydrogen-bond acceptors (Lipinski definition) is 3. The number of carbonyl (C=O) groups is 1. The third-order valence-corrected chi connectivity index (χ3v) is 1.56. The largest absolute Gasteiger partial charge is 0.511 e. The van der Waals surface area contributed by atoms with Gasteiger partial charge in [-0.25, -0.2) is 4.79 Å². The quantitative estimate of drug-likeness (QED) is 0.543. The molecule has 0 radical (unpaired) electrons. The number of ether oxygens (including phenoxy) is 1. The minimum absolute atomic E-state index is 0.327. The van der Waals surface area contributed by atoms with E-state index in [0.717, 1.165) is 12.0 Å². The Morgan fingerprint density at radius 1 is 1.38 bits per heavy atom. The van der Waals surface area contributed by atoms with Gasteiger partial charge in [0.1, 0.15) is 5.75 Å². The van der Waals surface area contributed by atoms with Gasteiger partial charge >= 0.3 is 6.16 Å². The summed E-state index contributed by atoms with van der Waals surface area (Å²) in [5, 5.41) is 8.30. The number of carboxylic acid groups (broad SMARTS) is 1. The molecule has 0 unspecified atom stereocenters. The Morgan fingerprint density at radius 3 is 2.46 bits per heavy atom. The average molecular weight is 181 g/mol. The first-order chi connectivity index (χ1) is 6.22. The normalized spacial score (nSPS) is 9.62. The summed E-state index contributed by atoms with van der Waals surface area (Å²) in [4.78, 5) is 10.1. The average Bonchev–Trinajstić information content (AvgIpc) is 2.08. The number of hydrogen-bond donors (Lipinski definition) is 2. The zero-order valence-corrected chi connectivity index (χ0v) is 7.06. The molecule has 0 aromatic heterocycles. The molecule has 0 amide bonds. The molecule has 0 aliphatic rings. The highest BCUT2D eigenvalue weighted by Gasteiger charge is 1.99. The molecular weight excluding hydrogens is 170 g/mol. The molecule has 0 saturated heterocycles. The van der Waals surface area contributed by atoms with Crippen molar-refractivity contribution in [2.75, 3.05) is 6.54 Å². The van der Waals surface area contributed by atoms with Gasteiger partial charge in [-0.3, -0.25) is 0 Å². The second-order valence-corrected chi connectivity index (χ2v) is 2.55. The third-order valence-electron chi connectivity index (χ3n) is 1.56. The highest BCUT2D eigenvalue weighted by molar-refractivity contribution is 5.61. The van der Waals surface area contributed by atoms with Gasteiger partial charge in [0.25, 0.3) is 0 Å². The van der Waals surface area contributed by atoms with Crippen LogP contribution in [-0.2, 0) is 6.42 Å². The molecule has 0 aliphatic carbocycles. The van der Waals surface area contributed by atoms with Gasteiger partial charge in [0.05, 0.1) is 0 Å². The summed E-state index contributed by atoms with van der Waals surface area (Å²) >= 11 is 0. The van der Waals surface area contributed by atoms with Gasteiger partial charge in [-0.15, -0.1) is 0 Å². The molecule has 13 heavy (non-hydrogen) atoms. The first-order valence-corrected chi connectivity index (χ1v) is 3.92. The number of benzene rings is 1. The lowest BCUT2D eigenvalue weighted by Gasteiger charge is -2.01. The topological polar surface area (TPSA) is 72.5 Å². The molecule has 0 aliphatic heterocycles. The van der Waals surface area contributed by atoms with Crippen LogP contribution in [-0.4, -0.2) is 17.8 Å². The molecule has 1 aromatic carbocycles. The summed E-state index contributed by atoms with van der Waals surface area (Å²) in [6, 6.07) is 6.81. The molecule has 0 heterocycles. The van der Waals surface area contributed by atoms with Crippen molar-refractivity contribution in [2.24, 2.45) is 5.73 Å². The smallest absolute Gasteiger partial charge is 0.449 e. The van der Waals surface area contributed by atoms with E-state index >= 15 is 0 Å². The highest BCUT2D eigenvalue weighted by atomic mass is 16.7. The summed E-state index contributed by atoms with van der Waals surface area (Å²) in [6.45, 7) is 0.582. The summed E-state index contributed by atoms with van der Waals surface area (Å²) < 4.78 is 4.43. The van der Waals surface area contributed by atoms with Crippen molar-refractivity contribution in [3.63, 3.8) is 0 Å². The zero-order valence-electron chi connectivity index (χ0n) is 7.06. The first-order valence-electron chi connectivity index (χ1n) is 3.92. The molecule has 0 fully saturated rings. The molecule has 1 aromatic rings. The fraction of sp³-hybridized carbons (Fsp3) is 0.222. The zero-order chi connectivity index (χ0) is 9.68. The lowest BCUT2D eigenvalue weighted by atomic mass is 10.1. The standard InChI is InChI=1S/C9H11NO3/c10-6-5-7-1-3-8(4-2-7)13-9(11)12/h1-4H,5-6,10H2,(H,11,12). The van der Waals surface area contributed by atoms with E-state index in [2.05, 4.69) is 4.74 Å². The second-order valence-electron chi connectivity index (χ2n) is 2.55. The molecule has 0 atom stereocenters. The third kappa shape index (κ3) is 3.13. The van der Waals surface area contributed by atoms with Crippen molar-refractivity contribution in [3.05, 3.63) is 29.8 Å². The van der Waals surface area contributed by atoms with Crippen LogP contribution in [0.2, 0.25) is 0 Å². The maximum absolute atomic E-state index is 10.1. The molecule has 4 nitrogen and oxygen atoms in total. The molecule has 0 saturated carbocycles. The molecule has 3 N–H and O–H groups in total. The van der Waals surface area contributed by atoms with Crippen LogP contribution in [0.3, 0.4) is 0 Å². The fourth-order valence-corrected chi connectivity index (χ4v) is 0.992. The Hall–Kier alpha value is -1.55. The van der Waals surface area contributed by atoms with Crippen LogP contribution in [0, 0.1) is 0 Å². The Kier molecular flexibility index (Phi) is 3.28. The van der Waals surface area contributed by atoms with E-state index < -0.39 is 6.16 Å². The van der Waals surface area contributed by atoms with Crippen molar-refractivity contribution in [1.82, 2.24) is 0 Å². The van der Waals surface area contributed by atoms with E-state index in [-0.39, 0.29) is 0 Å². The Morgan fingerprint density at radius 2 is 2.00 bits per heavy atom. The summed E-state index contributed by atoms with van der Waals surface area (Å²) in [7, 11) is 0. The number of nitrogens with two attached hydrogens (primary N) is 1. The Balaban J connectivity index is 2.64. The second kappa shape index (κ2) is 4.47. The van der Waals surface area contributed by atoms with Gasteiger partial charge in [0, 0.05) is 0 Å². The maximum atomic E-state index is 10.1. The van der Waals surface area contributed by atoms with Crippen molar-refractivity contribution < 1.29 is 14.6 Å². The van der Waals surface area contributed by atoms with E-state index in [1.54, 1.807) is 24.3 Å². The summed E-state index contributed by atoms with van der Waals surface area (Å²) in [5.74, 6) is 0.327. The Bertz CT molecular complexity index is 281. The van der Waals surface area contributed by atoms with Crippen molar-refractivity contribution in [1.29, 1.82) is 0 Å². The van der Waals surface area contributed by atoms with Crippen LogP contribution in [0.1, 0.15) is 5.56 Å². The molecule has 70 valence electrons. The molecule has 0 bridgehead atoms. The Labute approximate surface area is 75.9 Å². The number of rotatable bonds is 3. The van der Waals surface area contributed by atoms with Crippen molar-refractivity contribution >= 4 is 6.16 Å². The first kappa shape index (κ1) is 9.54. The van der Waals surface area contributed by atoms with Gasteiger partial charge in [-0.05, 0) is 30.7 Å². The minimum Gasteiger partial charge on any atom is -0.449 e. The van der Waals surface area contributed by atoms with E-state index in [4.69, 9.17) is 10.8 Å². The molecule has 4 heteroatoms. The van der Waals surface area contributed by atoms with Gasteiger partial charge < -0.3 is 15.6 Å². The van der Waals surface area contributed by atoms with E-state index in [0.29, 0.717) is 12.3 Å². The predicted octanol–water partition coefficient (Wildman–Crippen LogP) is 1.24. The molecule has 1 rings (SSSR count). The lowest BCUT2D eigenvalue weighted by Crippen LogP contribution is -2.04. The maximum Gasteiger partial charge on any atom is 0.511 e. The van der Waals surface area contributed by atoms with E-state index in [1.165, 1.54) is 0 Å². The van der Waals surface area contributed by atoms with Crippen LogP contribution in [0.25, 0.3) is 0 Å². The van der Waals surface area contributed by atoms with Gasteiger partial charge in [-0.1, -0.05) is 12.1 Å². The highest BCUT2D eigenvalue weighted by Crippen LogP contribution is 2.12. The van der Waals surface area contributed by atoms with E-state index in [9.17, 15) is 4.79 Å². The predicted molar refractivity (Wildman–Crippen MR) is 47.9 cm³/mol. The van der Waals surface area contributed by atoms with Crippen LogP contribution in [0.15, 0.2) is 24.3 Å². The fourth-order valence-electron chi connectivity index (χ4n) is 0.992. The van der Waals surface area contributed by atoms with E-state index in [1.807, 2.05) is 0 Å².